The molecule has 0 N–H and O–H groups in total. The van der Waals surface area contributed by atoms with Gasteiger partial charge in [-0.05, 0) is 33.1 Å². The molecular formula is C12H22O2. The van der Waals surface area contributed by atoms with Gasteiger partial charge in [0.1, 0.15) is 0 Å². The van der Waals surface area contributed by atoms with E-state index < -0.39 is 0 Å². The molecule has 0 unspecified atom stereocenters. The molecule has 0 amide bonds. The molecule has 1 aliphatic carbocycles. The quantitative estimate of drug-likeness (QED) is 0.644. The fourth-order valence-corrected chi connectivity index (χ4v) is 2.70. The van der Waals surface area contributed by atoms with Gasteiger partial charge in [-0.15, -0.1) is 0 Å². The Hall–Kier alpha value is -0.0800. The monoisotopic (exact) mass is 198 g/mol. The third kappa shape index (κ3) is 2.48. The van der Waals surface area contributed by atoms with E-state index in [1.807, 2.05) is 0 Å². The summed E-state index contributed by atoms with van der Waals surface area (Å²) in [5.74, 6) is 0.661. The molecular weight excluding hydrogens is 176 g/mol. The summed E-state index contributed by atoms with van der Waals surface area (Å²) in [5, 5.41) is 0. The average molecular weight is 198 g/mol. The van der Waals surface area contributed by atoms with Crippen molar-refractivity contribution in [3.8, 4) is 0 Å². The molecule has 2 atom stereocenters. The first-order chi connectivity index (χ1) is 6.75. The van der Waals surface area contributed by atoms with Crippen LogP contribution < -0.4 is 0 Å². The summed E-state index contributed by atoms with van der Waals surface area (Å²) < 4.78 is 11.7. The fourth-order valence-electron chi connectivity index (χ4n) is 2.70. The lowest BCUT2D eigenvalue weighted by Crippen LogP contribution is -2.40. The Morgan fingerprint density at radius 2 is 1.43 bits per heavy atom. The minimum atomic E-state index is 0.0917. The van der Waals surface area contributed by atoms with Crippen LogP contribution in [0.1, 0.15) is 52.4 Å². The lowest BCUT2D eigenvalue weighted by Gasteiger charge is -2.38. The summed E-state index contributed by atoms with van der Waals surface area (Å²) in [7, 11) is 0. The van der Waals surface area contributed by atoms with E-state index in [-0.39, 0.29) is 6.29 Å². The summed E-state index contributed by atoms with van der Waals surface area (Å²) in [5.41, 5.74) is 0. The van der Waals surface area contributed by atoms with Gasteiger partial charge in [0.05, 0.1) is 12.2 Å². The van der Waals surface area contributed by atoms with Gasteiger partial charge in [-0.3, -0.25) is 0 Å². The zero-order valence-electron chi connectivity index (χ0n) is 9.37. The van der Waals surface area contributed by atoms with E-state index in [1.165, 1.54) is 32.1 Å². The van der Waals surface area contributed by atoms with Gasteiger partial charge < -0.3 is 9.47 Å². The van der Waals surface area contributed by atoms with E-state index in [0.717, 1.165) is 6.42 Å². The van der Waals surface area contributed by atoms with Crippen LogP contribution in [0, 0.1) is 5.92 Å². The first kappa shape index (κ1) is 10.4. The van der Waals surface area contributed by atoms with Gasteiger partial charge in [-0.2, -0.15) is 0 Å². The normalized spacial score (nSPS) is 41.1. The van der Waals surface area contributed by atoms with Crippen molar-refractivity contribution < 1.29 is 9.47 Å². The summed E-state index contributed by atoms with van der Waals surface area (Å²) in [4.78, 5) is 0. The number of ether oxygens (including phenoxy) is 2. The molecule has 1 saturated heterocycles. The Balaban J connectivity index is 1.88. The van der Waals surface area contributed by atoms with Gasteiger partial charge >= 0.3 is 0 Å². The van der Waals surface area contributed by atoms with Gasteiger partial charge in [0, 0.05) is 5.92 Å². The lowest BCUT2D eigenvalue weighted by molar-refractivity contribution is -0.258. The van der Waals surface area contributed by atoms with Crippen LogP contribution in [0.2, 0.25) is 0 Å². The van der Waals surface area contributed by atoms with Crippen molar-refractivity contribution in [1.82, 2.24) is 0 Å². The predicted octanol–water partition coefficient (Wildman–Crippen LogP) is 3.11. The SMILES string of the molecule is C[C@@H]1C[C@@H](C)OC(C2CCCCC2)O1. The molecule has 2 aliphatic rings. The molecule has 0 bridgehead atoms. The van der Waals surface area contributed by atoms with Crippen molar-refractivity contribution in [2.24, 2.45) is 5.92 Å². The Morgan fingerprint density at radius 1 is 0.857 bits per heavy atom. The van der Waals surface area contributed by atoms with Crippen molar-refractivity contribution in [3.63, 3.8) is 0 Å². The summed E-state index contributed by atoms with van der Waals surface area (Å²) >= 11 is 0. The summed E-state index contributed by atoms with van der Waals surface area (Å²) in [6, 6.07) is 0. The zero-order chi connectivity index (χ0) is 9.97. The van der Waals surface area contributed by atoms with Crippen LogP contribution in [0.25, 0.3) is 0 Å². The second-order valence-electron chi connectivity index (χ2n) is 4.90. The summed E-state index contributed by atoms with van der Waals surface area (Å²) in [6.45, 7) is 4.32. The molecule has 0 aromatic carbocycles. The molecule has 82 valence electrons. The zero-order valence-corrected chi connectivity index (χ0v) is 9.37. The van der Waals surface area contributed by atoms with Crippen LogP contribution >= 0.6 is 0 Å². The van der Waals surface area contributed by atoms with Crippen LogP contribution in [0.15, 0.2) is 0 Å². The first-order valence-corrected chi connectivity index (χ1v) is 6.06. The molecule has 14 heavy (non-hydrogen) atoms. The maximum Gasteiger partial charge on any atom is 0.161 e. The standard InChI is InChI=1S/C12H22O2/c1-9-8-10(2)14-12(13-9)11-6-4-3-5-7-11/h9-12H,3-8H2,1-2H3/t9-,10-/m1/s1. The molecule has 1 aliphatic heterocycles. The van der Waals surface area contributed by atoms with Gasteiger partial charge in [0.15, 0.2) is 6.29 Å². The van der Waals surface area contributed by atoms with Gasteiger partial charge in [-0.25, -0.2) is 0 Å². The molecule has 0 radical (unpaired) electrons. The van der Waals surface area contributed by atoms with Crippen LogP contribution in [0.5, 0.6) is 0 Å². The maximum absolute atomic E-state index is 5.87. The molecule has 2 heteroatoms. The molecule has 0 aromatic heterocycles. The highest BCUT2D eigenvalue weighted by Crippen LogP contribution is 2.32. The van der Waals surface area contributed by atoms with E-state index in [2.05, 4.69) is 13.8 Å². The molecule has 1 saturated carbocycles. The molecule has 2 rings (SSSR count). The Kier molecular flexibility index (Phi) is 3.45. The minimum absolute atomic E-state index is 0.0917. The predicted molar refractivity (Wildman–Crippen MR) is 56.1 cm³/mol. The van der Waals surface area contributed by atoms with Gasteiger partial charge in [-0.1, -0.05) is 19.3 Å². The maximum atomic E-state index is 5.87. The highest BCUT2D eigenvalue weighted by molar-refractivity contribution is 4.74. The molecule has 0 spiro atoms. The van der Waals surface area contributed by atoms with Crippen LogP contribution in [-0.4, -0.2) is 18.5 Å². The third-order valence-corrected chi connectivity index (χ3v) is 3.43. The number of hydrogen-bond acceptors (Lipinski definition) is 2. The Bertz CT molecular complexity index is 165. The number of hydrogen-bond donors (Lipinski definition) is 0. The van der Waals surface area contributed by atoms with Crippen molar-refractivity contribution in [3.05, 3.63) is 0 Å². The molecule has 2 fully saturated rings. The van der Waals surface area contributed by atoms with E-state index in [4.69, 9.17) is 9.47 Å². The second kappa shape index (κ2) is 4.63. The Labute approximate surface area is 87.0 Å². The highest BCUT2D eigenvalue weighted by Gasteiger charge is 2.31. The van der Waals surface area contributed by atoms with E-state index in [1.54, 1.807) is 0 Å². The third-order valence-electron chi connectivity index (χ3n) is 3.43. The second-order valence-corrected chi connectivity index (χ2v) is 4.90. The number of rotatable bonds is 1. The van der Waals surface area contributed by atoms with Gasteiger partial charge in [0.2, 0.25) is 0 Å². The van der Waals surface area contributed by atoms with Crippen LogP contribution in [0.3, 0.4) is 0 Å². The van der Waals surface area contributed by atoms with E-state index in [0.29, 0.717) is 18.1 Å². The molecule has 2 nitrogen and oxygen atoms in total. The van der Waals surface area contributed by atoms with Crippen LogP contribution in [0.4, 0.5) is 0 Å². The van der Waals surface area contributed by atoms with E-state index in [9.17, 15) is 0 Å². The largest absolute Gasteiger partial charge is 0.349 e. The van der Waals surface area contributed by atoms with Crippen LogP contribution in [-0.2, 0) is 9.47 Å². The molecule has 1 heterocycles. The van der Waals surface area contributed by atoms with Crippen molar-refractivity contribution in [2.75, 3.05) is 0 Å². The lowest BCUT2D eigenvalue weighted by atomic mass is 9.88. The Morgan fingerprint density at radius 3 is 2.00 bits per heavy atom. The van der Waals surface area contributed by atoms with Crippen molar-refractivity contribution >= 4 is 0 Å². The summed E-state index contributed by atoms with van der Waals surface area (Å²) in [6.07, 6.45) is 8.60. The van der Waals surface area contributed by atoms with Crippen molar-refractivity contribution in [2.45, 2.75) is 70.9 Å². The molecule has 0 aromatic rings. The van der Waals surface area contributed by atoms with Crippen molar-refractivity contribution in [1.29, 1.82) is 0 Å². The van der Waals surface area contributed by atoms with E-state index >= 15 is 0 Å². The first-order valence-electron chi connectivity index (χ1n) is 6.06. The average Bonchev–Trinajstić information content (AvgIpc) is 2.18. The minimum Gasteiger partial charge on any atom is -0.349 e. The fraction of sp³-hybridized carbons (Fsp3) is 1.00. The smallest absolute Gasteiger partial charge is 0.161 e. The topological polar surface area (TPSA) is 18.5 Å². The van der Waals surface area contributed by atoms with Gasteiger partial charge in [0.25, 0.3) is 0 Å². The highest BCUT2D eigenvalue weighted by atomic mass is 16.7.